The van der Waals surface area contributed by atoms with Crippen LogP contribution in [-0.4, -0.2) is 9.55 Å². The second kappa shape index (κ2) is 5.10. The van der Waals surface area contributed by atoms with Gasteiger partial charge < -0.3 is 5.73 Å². The van der Waals surface area contributed by atoms with Gasteiger partial charge in [0.05, 0.1) is 17.3 Å². The van der Waals surface area contributed by atoms with Crippen LogP contribution in [0.1, 0.15) is 18.7 Å². The Hall–Kier alpha value is -2.53. The second-order valence-corrected chi connectivity index (χ2v) is 4.94. The van der Waals surface area contributed by atoms with Crippen molar-refractivity contribution in [1.29, 1.82) is 0 Å². The standard InChI is InChI=1S/C16H14FN3O/c1-10(18)15-7-11-4-5-12(17)8-14(11)16(21)20(15)13-3-2-6-19-9-13/h2-10H,18H2,1H3/t10-/m0/s1. The van der Waals surface area contributed by atoms with Crippen molar-refractivity contribution in [1.82, 2.24) is 9.55 Å². The quantitative estimate of drug-likeness (QED) is 0.786. The fraction of sp³-hybridized carbons (Fsp3) is 0.125. The molecule has 0 spiro atoms. The van der Waals surface area contributed by atoms with E-state index in [1.165, 1.54) is 16.7 Å². The minimum Gasteiger partial charge on any atom is -0.323 e. The highest BCUT2D eigenvalue weighted by molar-refractivity contribution is 5.82. The first kappa shape index (κ1) is 13.5. The maximum absolute atomic E-state index is 13.4. The molecule has 2 heterocycles. The van der Waals surface area contributed by atoms with Crippen molar-refractivity contribution in [2.45, 2.75) is 13.0 Å². The van der Waals surface area contributed by atoms with Gasteiger partial charge in [0.25, 0.3) is 5.56 Å². The molecule has 0 fully saturated rings. The number of pyridine rings is 2. The molecule has 3 aromatic rings. The van der Waals surface area contributed by atoms with Gasteiger partial charge in [0, 0.05) is 17.9 Å². The van der Waals surface area contributed by atoms with Crippen molar-refractivity contribution in [2.24, 2.45) is 5.73 Å². The molecular weight excluding hydrogens is 269 g/mol. The highest BCUT2D eigenvalue weighted by Gasteiger charge is 2.14. The molecule has 0 amide bonds. The summed E-state index contributed by atoms with van der Waals surface area (Å²) >= 11 is 0. The fourth-order valence-electron chi connectivity index (χ4n) is 2.39. The summed E-state index contributed by atoms with van der Waals surface area (Å²) in [5, 5.41) is 0.997. The summed E-state index contributed by atoms with van der Waals surface area (Å²) < 4.78 is 14.9. The monoisotopic (exact) mass is 283 g/mol. The lowest BCUT2D eigenvalue weighted by Gasteiger charge is -2.16. The molecule has 0 aliphatic carbocycles. The summed E-state index contributed by atoms with van der Waals surface area (Å²) in [6, 6.07) is 9.15. The zero-order valence-corrected chi connectivity index (χ0v) is 11.5. The van der Waals surface area contributed by atoms with E-state index in [2.05, 4.69) is 4.98 Å². The van der Waals surface area contributed by atoms with Gasteiger partial charge in [-0.25, -0.2) is 4.39 Å². The molecule has 5 heteroatoms. The fourth-order valence-corrected chi connectivity index (χ4v) is 2.39. The van der Waals surface area contributed by atoms with Gasteiger partial charge in [-0.1, -0.05) is 6.07 Å². The van der Waals surface area contributed by atoms with Crippen LogP contribution >= 0.6 is 0 Å². The van der Waals surface area contributed by atoms with Crippen molar-refractivity contribution in [2.75, 3.05) is 0 Å². The first-order valence-corrected chi connectivity index (χ1v) is 6.59. The lowest BCUT2D eigenvalue weighted by Crippen LogP contribution is -2.25. The number of hydrogen-bond donors (Lipinski definition) is 1. The second-order valence-electron chi connectivity index (χ2n) is 4.94. The van der Waals surface area contributed by atoms with Gasteiger partial charge in [0.15, 0.2) is 0 Å². The van der Waals surface area contributed by atoms with Crippen molar-refractivity contribution in [3.05, 3.63) is 70.7 Å². The predicted molar refractivity (Wildman–Crippen MR) is 79.9 cm³/mol. The van der Waals surface area contributed by atoms with Crippen LogP contribution in [0.25, 0.3) is 16.5 Å². The predicted octanol–water partition coefficient (Wildman–Crippen LogP) is 2.54. The lowest BCUT2D eigenvalue weighted by molar-refractivity contribution is 0.629. The van der Waals surface area contributed by atoms with Gasteiger partial charge in [0.2, 0.25) is 0 Å². The normalized spacial score (nSPS) is 12.5. The maximum atomic E-state index is 13.4. The molecule has 0 bridgehead atoms. The number of rotatable bonds is 2. The van der Waals surface area contributed by atoms with Gasteiger partial charge in [-0.2, -0.15) is 0 Å². The third-order valence-corrected chi connectivity index (χ3v) is 3.38. The summed E-state index contributed by atoms with van der Waals surface area (Å²) in [5.74, 6) is -0.439. The lowest BCUT2D eigenvalue weighted by atomic mass is 10.1. The Morgan fingerprint density at radius 2 is 2.10 bits per heavy atom. The molecule has 0 saturated carbocycles. The van der Waals surface area contributed by atoms with Crippen molar-refractivity contribution in [3.63, 3.8) is 0 Å². The van der Waals surface area contributed by atoms with Gasteiger partial charge in [-0.05, 0) is 42.6 Å². The van der Waals surface area contributed by atoms with Crippen LogP contribution in [0, 0.1) is 5.82 Å². The molecule has 1 aromatic carbocycles. The number of halogens is 1. The average molecular weight is 283 g/mol. The highest BCUT2D eigenvalue weighted by atomic mass is 19.1. The molecule has 0 aliphatic rings. The van der Waals surface area contributed by atoms with Crippen LogP contribution in [0.2, 0.25) is 0 Å². The largest absolute Gasteiger partial charge is 0.323 e. The molecule has 3 rings (SSSR count). The first-order valence-electron chi connectivity index (χ1n) is 6.59. The zero-order valence-electron chi connectivity index (χ0n) is 11.5. The summed E-state index contributed by atoms with van der Waals surface area (Å²) in [5.41, 5.74) is 6.96. The number of aromatic nitrogens is 2. The molecule has 2 aromatic heterocycles. The number of hydrogen-bond acceptors (Lipinski definition) is 3. The Morgan fingerprint density at radius 3 is 2.76 bits per heavy atom. The van der Waals surface area contributed by atoms with Crippen LogP contribution in [-0.2, 0) is 0 Å². The summed E-state index contributed by atoms with van der Waals surface area (Å²) in [6.45, 7) is 1.80. The van der Waals surface area contributed by atoms with Crippen molar-refractivity contribution in [3.8, 4) is 5.69 Å². The van der Waals surface area contributed by atoms with Crippen molar-refractivity contribution >= 4 is 10.8 Å². The molecule has 0 aliphatic heterocycles. The van der Waals surface area contributed by atoms with Crippen LogP contribution < -0.4 is 11.3 Å². The van der Waals surface area contributed by atoms with Crippen LogP contribution in [0.4, 0.5) is 4.39 Å². The van der Waals surface area contributed by atoms with E-state index in [-0.39, 0.29) is 11.6 Å². The molecule has 21 heavy (non-hydrogen) atoms. The molecule has 0 unspecified atom stereocenters. The smallest absolute Gasteiger partial charge is 0.263 e. The summed E-state index contributed by atoms with van der Waals surface area (Å²) in [6.07, 6.45) is 3.21. The Labute approximate surface area is 120 Å². The minimum atomic E-state index is -0.439. The molecule has 2 N–H and O–H groups in total. The number of fused-ring (bicyclic) bond motifs is 1. The van der Waals surface area contributed by atoms with E-state index in [0.29, 0.717) is 22.2 Å². The number of nitrogens with two attached hydrogens (primary N) is 1. The molecular formula is C16H14FN3O. The molecule has 4 nitrogen and oxygen atoms in total. The Kier molecular flexibility index (Phi) is 3.27. The van der Waals surface area contributed by atoms with Gasteiger partial charge in [-0.15, -0.1) is 0 Å². The third kappa shape index (κ3) is 2.32. The van der Waals surface area contributed by atoms with Gasteiger partial charge >= 0.3 is 0 Å². The van der Waals surface area contributed by atoms with E-state index in [9.17, 15) is 9.18 Å². The molecule has 0 saturated heterocycles. The molecule has 1 atom stereocenters. The van der Waals surface area contributed by atoms with Gasteiger partial charge in [0.1, 0.15) is 5.82 Å². The van der Waals surface area contributed by atoms with E-state index < -0.39 is 5.82 Å². The van der Waals surface area contributed by atoms with Crippen LogP contribution in [0.5, 0.6) is 0 Å². The van der Waals surface area contributed by atoms with E-state index in [1.54, 1.807) is 37.5 Å². The van der Waals surface area contributed by atoms with E-state index in [0.717, 1.165) is 0 Å². The third-order valence-electron chi connectivity index (χ3n) is 3.38. The Balaban J connectivity index is 2.43. The highest BCUT2D eigenvalue weighted by Crippen LogP contribution is 2.20. The molecule has 106 valence electrons. The Morgan fingerprint density at radius 1 is 1.29 bits per heavy atom. The topological polar surface area (TPSA) is 60.9 Å². The van der Waals surface area contributed by atoms with Crippen LogP contribution in [0.3, 0.4) is 0 Å². The number of benzene rings is 1. The zero-order chi connectivity index (χ0) is 15.0. The van der Waals surface area contributed by atoms with Crippen LogP contribution in [0.15, 0.2) is 53.6 Å². The summed E-state index contributed by atoms with van der Waals surface area (Å²) in [4.78, 5) is 16.7. The number of nitrogens with zero attached hydrogens (tertiary/aromatic N) is 2. The Bertz CT molecular complexity index is 857. The molecule has 0 radical (unpaired) electrons. The van der Waals surface area contributed by atoms with E-state index >= 15 is 0 Å². The van der Waals surface area contributed by atoms with E-state index in [4.69, 9.17) is 5.73 Å². The maximum Gasteiger partial charge on any atom is 0.263 e. The van der Waals surface area contributed by atoms with Gasteiger partial charge in [-0.3, -0.25) is 14.3 Å². The average Bonchev–Trinajstić information content (AvgIpc) is 2.48. The minimum absolute atomic E-state index is 0.299. The van der Waals surface area contributed by atoms with Crippen molar-refractivity contribution < 1.29 is 4.39 Å². The SMILES string of the molecule is C[C@H](N)c1cc2ccc(F)cc2c(=O)n1-c1cccnc1. The van der Waals surface area contributed by atoms with E-state index in [1.807, 2.05) is 6.07 Å². The first-order chi connectivity index (χ1) is 10.1. The summed E-state index contributed by atoms with van der Waals surface area (Å²) in [7, 11) is 0.